The molecule has 0 heterocycles. The highest BCUT2D eigenvalue weighted by molar-refractivity contribution is 5.99. The average Bonchev–Trinajstić information content (AvgIpc) is 3.45. The van der Waals surface area contributed by atoms with Crippen molar-refractivity contribution in [3.05, 3.63) is 309 Å². The van der Waals surface area contributed by atoms with Gasteiger partial charge in [-0.05, 0) is 151 Å². The standard InChI is InChI=1S/C69H62N4/c1-4-6-10-24-53(3)71(61-33-15-9-16-34-61)62-48-50-65(51-49-62)73(69-39-22-28-57-26-18-20-37-67(57)69)64-46-42-55(43-47-64)54-40-44-63(45-41-54)72(68-38-21-27-56-25-17-19-36-66(56)68)58(5-2)35-23-52-70(59-29-11-7-12-30-59)60-31-13-8-14-32-60/h4-18,20-31,33-35,37-52,60,66,68H,1-2,19,32,36H2,3H3/b10-6-,52-23+,53-24+,58-35+. The van der Waals surface area contributed by atoms with Crippen LogP contribution in [0.2, 0.25) is 0 Å². The maximum Gasteiger partial charge on any atom is 0.0594 e. The Morgan fingerprint density at radius 3 is 1.90 bits per heavy atom. The van der Waals surface area contributed by atoms with Gasteiger partial charge < -0.3 is 19.6 Å². The summed E-state index contributed by atoms with van der Waals surface area (Å²) in [4.78, 5) is 9.50. The van der Waals surface area contributed by atoms with Gasteiger partial charge in [0.1, 0.15) is 0 Å². The molecule has 3 atom stereocenters. The van der Waals surface area contributed by atoms with Crippen molar-refractivity contribution in [2.45, 2.75) is 38.3 Å². The van der Waals surface area contributed by atoms with Crippen molar-refractivity contribution in [2.24, 2.45) is 5.92 Å². The Morgan fingerprint density at radius 2 is 1.21 bits per heavy atom. The highest BCUT2D eigenvalue weighted by atomic mass is 15.2. The minimum Gasteiger partial charge on any atom is -0.341 e. The number of fused-ring (bicyclic) bond motifs is 2. The maximum absolute atomic E-state index is 4.40. The van der Waals surface area contributed by atoms with E-state index in [0.717, 1.165) is 81.6 Å². The summed E-state index contributed by atoms with van der Waals surface area (Å²) in [6.45, 7) is 10.4. The third-order valence-corrected chi connectivity index (χ3v) is 14.0. The van der Waals surface area contributed by atoms with Gasteiger partial charge in [0.2, 0.25) is 0 Å². The monoisotopic (exact) mass is 946 g/mol. The highest BCUT2D eigenvalue weighted by Gasteiger charge is 2.32. The van der Waals surface area contributed by atoms with E-state index < -0.39 is 0 Å². The molecule has 7 aromatic carbocycles. The van der Waals surface area contributed by atoms with Crippen LogP contribution in [0.1, 0.15) is 26.2 Å². The molecule has 0 spiro atoms. The average molecular weight is 947 g/mol. The van der Waals surface area contributed by atoms with Gasteiger partial charge in [0.05, 0.1) is 17.8 Å². The molecule has 7 aromatic rings. The zero-order valence-electron chi connectivity index (χ0n) is 41.6. The molecule has 4 heteroatoms. The molecule has 3 unspecified atom stereocenters. The summed E-state index contributed by atoms with van der Waals surface area (Å²) >= 11 is 0. The molecule has 73 heavy (non-hydrogen) atoms. The van der Waals surface area contributed by atoms with E-state index in [1.165, 1.54) is 16.3 Å². The lowest BCUT2D eigenvalue weighted by molar-refractivity contribution is 0.490. The van der Waals surface area contributed by atoms with E-state index in [2.05, 4.69) is 295 Å². The van der Waals surface area contributed by atoms with Gasteiger partial charge in [-0.3, -0.25) is 0 Å². The Balaban J connectivity index is 0.976. The van der Waals surface area contributed by atoms with Crippen LogP contribution in [-0.2, 0) is 0 Å². The fourth-order valence-electron chi connectivity index (χ4n) is 10.4. The summed E-state index contributed by atoms with van der Waals surface area (Å²) in [6, 6.07) is 63.7. The first kappa shape index (κ1) is 47.8. The number of hydrogen-bond donors (Lipinski definition) is 0. The van der Waals surface area contributed by atoms with Crippen LogP contribution in [0, 0.1) is 5.92 Å². The van der Waals surface area contributed by atoms with Crippen LogP contribution in [0.5, 0.6) is 0 Å². The number of allylic oxidation sites excluding steroid dienone is 14. The largest absolute Gasteiger partial charge is 0.341 e. The van der Waals surface area contributed by atoms with Gasteiger partial charge in [0, 0.05) is 63.0 Å². The topological polar surface area (TPSA) is 13.0 Å². The Morgan fingerprint density at radius 1 is 0.562 bits per heavy atom. The highest BCUT2D eigenvalue weighted by Crippen LogP contribution is 2.42. The van der Waals surface area contributed by atoms with Crippen molar-refractivity contribution in [3.63, 3.8) is 0 Å². The number of nitrogens with zero attached hydrogens (tertiary/aromatic N) is 4. The number of anilines is 7. The van der Waals surface area contributed by atoms with Crippen LogP contribution in [0.3, 0.4) is 0 Å². The minimum absolute atomic E-state index is 0.125. The van der Waals surface area contributed by atoms with Crippen molar-refractivity contribution in [2.75, 3.05) is 19.6 Å². The van der Waals surface area contributed by atoms with Crippen LogP contribution < -0.4 is 19.6 Å². The molecule has 0 fully saturated rings. The van der Waals surface area contributed by atoms with Gasteiger partial charge in [0.15, 0.2) is 0 Å². The van der Waals surface area contributed by atoms with Gasteiger partial charge >= 0.3 is 0 Å². The summed E-state index contributed by atoms with van der Waals surface area (Å²) in [6.07, 6.45) is 39.9. The molecule has 0 amide bonds. The lowest BCUT2D eigenvalue weighted by Gasteiger charge is -2.40. The fraction of sp³-hybridized carbons (Fsp3) is 0.101. The van der Waals surface area contributed by atoms with Crippen LogP contribution in [0.15, 0.2) is 309 Å². The predicted octanol–water partition coefficient (Wildman–Crippen LogP) is 18.4. The fourth-order valence-corrected chi connectivity index (χ4v) is 10.4. The molecular weight excluding hydrogens is 885 g/mol. The van der Waals surface area contributed by atoms with Gasteiger partial charge in [-0.15, -0.1) is 0 Å². The van der Waals surface area contributed by atoms with Gasteiger partial charge in [-0.1, -0.05) is 183 Å². The molecule has 3 aliphatic rings. The molecule has 0 aromatic heterocycles. The first-order valence-corrected chi connectivity index (χ1v) is 25.5. The molecule has 4 nitrogen and oxygen atoms in total. The lowest BCUT2D eigenvalue weighted by Crippen LogP contribution is -2.40. The summed E-state index contributed by atoms with van der Waals surface area (Å²) in [5.41, 5.74) is 13.6. The number of benzene rings is 7. The molecule has 3 aliphatic carbocycles. The predicted molar refractivity (Wildman–Crippen MR) is 314 cm³/mol. The lowest BCUT2D eigenvalue weighted by atomic mass is 9.79. The molecule has 0 radical (unpaired) electrons. The van der Waals surface area contributed by atoms with E-state index in [1.54, 1.807) is 6.08 Å². The molecule has 0 bridgehead atoms. The second kappa shape index (κ2) is 22.9. The van der Waals surface area contributed by atoms with Gasteiger partial charge in [-0.25, -0.2) is 0 Å². The first-order chi connectivity index (χ1) is 36.1. The Labute approximate surface area is 432 Å². The van der Waals surface area contributed by atoms with Crippen LogP contribution in [-0.4, -0.2) is 12.1 Å². The van der Waals surface area contributed by atoms with E-state index in [4.69, 9.17) is 0 Å². The molecule has 0 saturated heterocycles. The SMILES string of the molecule is C=C/C=C\C=C(/C)N(c1ccccc1)c1ccc(N(c2ccc(-c3ccc(N(/C(C=C)=C/C=C/N(c4ccccc4)C4C=CC=CC4)C4C=CC=C5C=CCCC54)cc3)cc2)c2cccc3ccccc23)cc1. The van der Waals surface area contributed by atoms with E-state index >= 15 is 0 Å². The summed E-state index contributed by atoms with van der Waals surface area (Å²) in [5.74, 6) is 0.365. The van der Waals surface area contributed by atoms with E-state index in [1.807, 2.05) is 18.2 Å². The van der Waals surface area contributed by atoms with Crippen LogP contribution in [0.4, 0.5) is 39.8 Å². The Kier molecular flexibility index (Phi) is 15.0. The Hall–Kier alpha value is -8.86. The molecule has 0 aliphatic heterocycles. The van der Waals surface area contributed by atoms with E-state index in [9.17, 15) is 0 Å². The van der Waals surface area contributed by atoms with Crippen molar-refractivity contribution in [1.82, 2.24) is 0 Å². The zero-order chi connectivity index (χ0) is 49.8. The summed E-state index contributed by atoms with van der Waals surface area (Å²) < 4.78 is 0. The van der Waals surface area contributed by atoms with Crippen LogP contribution in [0.25, 0.3) is 21.9 Å². The third kappa shape index (κ3) is 10.8. The quantitative estimate of drug-likeness (QED) is 0.0843. The smallest absolute Gasteiger partial charge is 0.0594 e. The number of hydrogen-bond acceptors (Lipinski definition) is 4. The molecule has 0 N–H and O–H groups in total. The maximum atomic E-state index is 4.40. The molecule has 358 valence electrons. The first-order valence-electron chi connectivity index (χ1n) is 25.5. The van der Waals surface area contributed by atoms with E-state index in [-0.39, 0.29) is 12.1 Å². The second-order valence-corrected chi connectivity index (χ2v) is 18.5. The summed E-state index contributed by atoms with van der Waals surface area (Å²) in [7, 11) is 0. The zero-order valence-corrected chi connectivity index (χ0v) is 41.6. The van der Waals surface area contributed by atoms with Crippen molar-refractivity contribution >= 4 is 50.6 Å². The van der Waals surface area contributed by atoms with Gasteiger partial charge in [-0.2, -0.15) is 0 Å². The molecule has 0 saturated carbocycles. The minimum atomic E-state index is 0.125. The van der Waals surface area contributed by atoms with Crippen molar-refractivity contribution < 1.29 is 0 Å². The van der Waals surface area contributed by atoms with Crippen molar-refractivity contribution in [3.8, 4) is 11.1 Å². The number of rotatable bonds is 17. The second-order valence-electron chi connectivity index (χ2n) is 18.5. The van der Waals surface area contributed by atoms with E-state index in [0.29, 0.717) is 5.92 Å². The molecular formula is C69H62N4. The third-order valence-electron chi connectivity index (χ3n) is 14.0. The van der Waals surface area contributed by atoms with Crippen molar-refractivity contribution in [1.29, 1.82) is 0 Å². The molecule has 10 rings (SSSR count). The summed E-state index contributed by atoms with van der Waals surface area (Å²) in [5, 5.41) is 2.38. The normalized spacial score (nSPS) is 17.4. The van der Waals surface area contributed by atoms with Gasteiger partial charge in [0.25, 0.3) is 0 Å². The number of para-hydroxylation sites is 2. The Bertz CT molecular complexity index is 3300. The van der Waals surface area contributed by atoms with Crippen LogP contribution >= 0.6 is 0 Å².